The molecule has 1 aromatic carbocycles. The summed E-state index contributed by atoms with van der Waals surface area (Å²) in [6.07, 6.45) is 5.07. The van der Waals surface area contributed by atoms with Gasteiger partial charge in [-0.25, -0.2) is 0 Å². The van der Waals surface area contributed by atoms with Crippen molar-refractivity contribution in [3.63, 3.8) is 0 Å². The summed E-state index contributed by atoms with van der Waals surface area (Å²) < 4.78 is 10.4. The van der Waals surface area contributed by atoms with E-state index < -0.39 is 0 Å². The van der Waals surface area contributed by atoms with Crippen molar-refractivity contribution >= 4 is 11.9 Å². The maximum Gasteiger partial charge on any atom is 0.311 e. The Kier molecular flexibility index (Phi) is 9.03. The first kappa shape index (κ1) is 19.2. The third kappa shape index (κ3) is 8.38. The molecule has 0 atom stereocenters. The van der Waals surface area contributed by atoms with Crippen molar-refractivity contribution in [3.05, 3.63) is 29.3 Å². The highest BCUT2D eigenvalue weighted by molar-refractivity contribution is 5.72. The number of benzene rings is 1. The highest BCUT2D eigenvalue weighted by Crippen LogP contribution is 2.17. The molecule has 0 aliphatic carbocycles. The van der Waals surface area contributed by atoms with Crippen molar-refractivity contribution in [1.82, 2.24) is 0 Å². The van der Waals surface area contributed by atoms with E-state index in [2.05, 4.69) is 6.92 Å². The average molecular weight is 320 g/mol. The lowest BCUT2D eigenvalue weighted by molar-refractivity contribution is -0.144. The fourth-order valence-electron chi connectivity index (χ4n) is 2.11. The van der Waals surface area contributed by atoms with E-state index in [0.717, 1.165) is 24.8 Å². The van der Waals surface area contributed by atoms with Crippen LogP contribution >= 0.6 is 0 Å². The number of esters is 2. The van der Waals surface area contributed by atoms with Crippen LogP contribution in [0.15, 0.2) is 18.2 Å². The van der Waals surface area contributed by atoms with Crippen LogP contribution in [0.4, 0.5) is 0 Å². The Bertz CT molecular complexity index is 508. The summed E-state index contributed by atoms with van der Waals surface area (Å²) in [6, 6.07) is 5.60. The zero-order chi connectivity index (χ0) is 17.1. The lowest BCUT2D eigenvalue weighted by Crippen LogP contribution is -2.09. The van der Waals surface area contributed by atoms with Crippen molar-refractivity contribution in [2.75, 3.05) is 6.61 Å². The van der Waals surface area contributed by atoms with E-state index in [1.807, 2.05) is 26.0 Å². The molecular weight excluding hydrogens is 292 g/mol. The van der Waals surface area contributed by atoms with E-state index in [1.54, 1.807) is 6.07 Å². The fraction of sp³-hybridized carbons (Fsp3) is 0.579. The summed E-state index contributed by atoms with van der Waals surface area (Å²) in [6.45, 7) is 6.61. The summed E-state index contributed by atoms with van der Waals surface area (Å²) in [5.74, 6) is 0.140. The Balaban J connectivity index is 2.14. The van der Waals surface area contributed by atoms with E-state index in [9.17, 15) is 9.59 Å². The van der Waals surface area contributed by atoms with Crippen LogP contribution in [-0.4, -0.2) is 18.5 Å². The molecule has 0 saturated carbocycles. The molecule has 0 spiro atoms. The van der Waals surface area contributed by atoms with E-state index >= 15 is 0 Å². The van der Waals surface area contributed by atoms with Crippen LogP contribution in [0.2, 0.25) is 0 Å². The lowest BCUT2D eigenvalue weighted by atomic mass is 10.1. The Morgan fingerprint density at radius 1 is 0.913 bits per heavy atom. The highest BCUT2D eigenvalue weighted by atomic mass is 16.5. The molecule has 0 heterocycles. The van der Waals surface area contributed by atoms with Crippen LogP contribution < -0.4 is 4.74 Å². The first-order chi connectivity index (χ1) is 11.0. The molecule has 4 heteroatoms. The molecule has 4 nitrogen and oxygen atoms in total. The van der Waals surface area contributed by atoms with Gasteiger partial charge in [-0.15, -0.1) is 0 Å². The van der Waals surface area contributed by atoms with Gasteiger partial charge in [-0.3, -0.25) is 9.59 Å². The second-order valence-corrected chi connectivity index (χ2v) is 5.85. The fourth-order valence-corrected chi connectivity index (χ4v) is 2.11. The van der Waals surface area contributed by atoms with Crippen LogP contribution in [0.1, 0.15) is 63.0 Å². The molecule has 0 aliphatic heterocycles. The molecule has 0 N–H and O–H groups in total. The van der Waals surface area contributed by atoms with Crippen molar-refractivity contribution in [3.8, 4) is 5.75 Å². The summed E-state index contributed by atoms with van der Waals surface area (Å²) in [5, 5.41) is 0. The number of hydrogen-bond donors (Lipinski definition) is 0. The van der Waals surface area contributed by atoms with Gasteiger partial charge in [0.2, 0.25) is 0 Å². The molecular formula is C19H28O4. The molecule has 0 amide bonds. The van der Waals surface area contributed by atoms with Crippen LogP contribution in [0.3, 0.4) is 0 Å². The van der Waals surface area contributed by atoms with Crippen LogP contribution in [0.5, 0.6) is 5.75 Å². The zero-order valence-corrected chi connectivity index (χ0v) is 14.5. The van der Waals surface area contributed by atoms with Gasteiger partial charge in [0.05, 0.1) is 6.61 Å². The van der Waals surface area contributed by atoms with Crippen molar-refractivity contribution < 1.29 is 19.1 Å². The largest absolute Gasteiger partial charge is 0.466 e. The molecule has 1 rings (SSSR count). The van der Waals surface area contributed by atoms with Crippen LogP contribution in [0, 0.1) is 13.8 Å². The molecule has 0 saturated heterocycles. The maximum absolute atomic E-state index is 11.8. The lowest BCUT2D eigenvalue weighted by Gasteiger charge is -2.07. The average Bonchev–Trinajstić information content (AvgIpc) is 2.52. The molecule has 0 radical (unpaired) electrons. The number of carbonyl (C=O) groups is 2. The second-order valence-electron chi connectivity index (χ2n) is 5.85. The second kappa shape index (κ2) is 10.8. The van der Waals surface area contributed by atoms with Crippen LogP contribution in [-0.2, 0) is 14.3 Å². The topological polar surface area (TPSA) is 52.6 Å². The Labute approximate surface area is 139 Å². The van der Waals surface area contributed by atoms with Crippen LogP contribution in [0.25, 0.3) is 0 Å². The highest BCUT2D eigenvalue weighted by Gasteiger charge is 2.07. The standard InChI is InChI=1S/C19H28O4/c1-4-5-8-13-22-18(20)9-6-7-10-19(21)23-17-12-11-15(2)16(3)14-17/h11-12,14H,4-10,13H2,1-3H3. The van der Waals surface area contributed by atoms with E-state index in [1.165, 1.54) is 5.56 Å². The van der Waals surface area contributed by atoms with Gasteiger partial charge in [-0.1, -0.05) is 25.8 Å². The van der Waals surface area contributed by atoms with Crippen molar-refractivity contribution in [2.45, 2.75) is 65.7 Å². The third-order valence-corrected chi connectivity index (χ3v) is 3.73. The zero-order valence-electron chi connectivity index (χ0n) is 14.5. The Hall–Kier alpha value is -1.84. The SMILES string of the molecule is CCCCCOC(=O)CCCCC(=O)Oc1ccc(C)c(C)c1. The van der Waals surface area contributed by atoms with Crippen molar-refractivity contribution in [2.24, 2.45) is 0 Å². The van der Waals surface area contributed by atoms with Gasteiger partial charge in [-0.05, 0) is 56.4 Å². The molecule has 128 valence electrons. The minimum Gasteiger partial charge on any atom is -0.466 e. The minimum atomic E-state index is -0.260. The monoisotopic (exact) mass is 320 g/mol. The molecule has 0 aromatic heterocycles. The number of rotatable bonds is 10. The number of hydrogen-bond acceptors (Lipinski definition) is 4. The molecule has 23 heavy (non-hydrogen) atoms. The third-order valence-electron chi connectivity index (χ3n) is 3.73. The van der Waals surface area contributed by atoms with E-state index in [-0.39, 0.29) is 11.9 Å². The van der Waals surface area contributed by atoms with E-state index in [0.29, 0.717) is 38.0 Å². The van der Waals surface area contributed by atoms with Crippen molar-refractivity contribution in [1.29, 1.82) is 0 Å². The van der Waals surface area contributed by atoms with Gasteiger partial charge >= 0.3 is 11.9 Å². The molecule has 0 fully saturated rings. The Morgan fingerprint density at radius 2 is 1.61 bits per heavy atom. The summed E-state index contributed by atoms with van der Waals surface area (Å²) in [7, 11) is 0. The summed E-state index contributed by atoms with van der Waals surface area (Å²) >= 11 is 0. The predicted molar refractivity (Wildman–Crippen MR) is 90.5 cm³/mol. The maximum atomic E-state index is 11.8. The normalized spacial score (nSPS) is 10.4. The molecule has 0 unspecified atom stereocenters. The van der Waals surface area contributed by atoms with E-state index in [4.69, 9.17) is 9.47 Å². The number of aryl methyl sites for hydroxylation is 2. The summed E-state index contributed by atoms with van der Waals surface area (Å²) in [5.41, 5.74) is 2.27. The van der Waals surface area contributed by atoms with Gasteiger partial charge in [0, 0.05) is 12.8 Å². The number of unbranched alkanes of at least 4 members (excludes halogenated alkanes) is 3. The van der Waals surface area contributed by atoms with Gasteiger partial charge in [0.1, 0.15) is 5.75 Å². The number of carbonyl (C=O) groups excluding carboxylic acids is 2. The molecule has 0 bridgehead atoms. The van der Waals surface area contributed by atoms with Gasteiger partial charge < -0.3 is 9.47 Å². The molecule has 0 aliphatic rings. The van der Waals surface area contributed by atoms with Gasteiger partial charge in [-0.2, -0.15) is 0 Å². The van der Waals surface area contributed by atoms with Gasteiger partial charge in [0.15, 0.2) is 0 Å². The minimum absolute atomic E-state index is 0.177. The van der Waals surface area contributed by atoms with Gasteiger partial charge in [0.25, 0.3) is 0 Å². The smallest absolute Gasteiger partial charge is 0.311 e. The number of ether oxygens (including phenoxy) is 2. The summed E-state index contributed by atoms with van der Waals surface area (Å²) in [4.78, 5) is 23.2. The predicted octanol–water partition coefficient (Wildman–Crippen LogP) is 4.50. The Morgan fingerprint density at radius 3 is 2.26 bits per heavy atom. The first-order valence-electron chi connectivity index (χ1n) is 8.46. The quantitative estimate of drug-likeness (QED) is 0.362. The molecule has 1 aromatic rings. The first-order valence-corrected chi connectivity index (χ1v) is 8.46.